The molecule has 0 heterocycles. The average Bonchev–Trinajstić information content (AvgIpc) is 2.26. The summed E-state index contributed by atoms with van der Waals surface area (Å²) in [5.41, 5.74) is 1.83. The van der Waals surface area contributed by atoms with Crippen LogP contribution in [0.5, 0.6) is 0 Å². The summed E-state index contributed by atoms with van der Waals surface area (Å²) in [5.74, 6) is 0. The van der Waals surface area contributed by atoms with Gasteiger partial charge in [-0.15, -0.1) is 0 Å². The first-order chi connectivity index (χ1) is 7.61. The van der Waals surface area contributed by atoms with Crippen molar-refractivity contribution in [3.63, 3.8) is 0 Å². The van der Waals surface area contributed by atoms with Gasteiger partial charge in [-0.3, -0.25) is 0 Å². The lowest BCUT2D eigenvalue weighted by Crippen LogP contribution is -2.26. The van der Waals surface area contributed by atoms with E-state index in [4.69, 9.17) is 9.84 Å². The second-order valence-electron chi connectivity index (χ2n) is 3.78. The Morgan fingerprint density at radius 1 is 1.31 bits per heavy atom. The zero-order chi connectivity index (χ0) is 12.0. The van der Waals surface area contributed by atoms with Crippen LogP contribution in [0, 0.1) is 0 Å². The summed E-state index contributed by atoms with van der Waals surface area (Å²) in [7, 11) is 0. The molecule has 0 unspecified atom stereocenters. The molecule has 1 amide bonds. The van der Waals surface area contributed by atoms with Gasteiger partial charge in [-0.05, 0) is 25.0 Å². The molecule has 0 aliphatic heterocycles. The number of rotatable bonds is 4. The Morgan fingerprint density at radius 3 is 2.38 bits per heavy atom. The first-order valence-corrected chi connectivity index (χ1v) is 5.25. The highest BCUT2D eigenvalue weighted by Gasteiger charge is 2.03. The molecule has 1 aromatic rings. The standard InChI is InChI=1S/C12H17NO3/c1-9(2)16-12(15)13-7-10-3-5-11(8-14)6-4-10/h3-6,9,14H,7-8H2,1-2H3,(H,13,15). The zero-order valence-corrected chi connectivity index (χ0v) is 9.56. The Kier molecular flexibility index (Phi) is 4.79. The molecule has 88 valence electrons. The van der Waals surface area contributed by atoms with Crippen LogP contribution < -0.4 is 5.32 Å². The van der Waals surface area contributed by atoms with Gasteiger partial charge < -0.3 is 15.2 Å². The molecular weight excluding hydrogens is 206 g/mol. The highest BCUT2D eigenvalue weighted by atomic mass is 16.6. The fourth-order valence-electron chi connectivity index (χ4n) is 1.19. The summed E-state index contributed by atoms with van der Waals surface area (Å²) in [6.45, 7) is 4.06. The van der Waals surface area contributed by atoms with Crippen molar-refractivity contribution in [1.29, 1.82) is 0 Å². The summed E-state index contributed by atoms with van der Waals surface area (Å²) < 4.78 is 4.93. The quantitative estimate of drug-likeness (QED) is 0.818. The largest absolute Gasteiger partial charge is 0.447 e. The number of aliphatic hydroxyl groups is 1. The molecule has 0 aliphatic rings. The number of nitrogens with one attached hydrogen (secondary N) is 1. The molecule has 16 heavy (non-hydrogen) atoms. The number of alkyl carbamates (subject to hydrolysis) is 1. The third-order valence-electron chi connectivity index (χ3n) is 1.99. The van der Waals surface area contributed by atoms with E-state index in [1.165, 1.54) is 0 Å². The number of aliphatic hydroxyl groups excluding tert-OH is 1. The topological polar surface area (TPSA) is 58.6 Å². The Labute approximate surface area is 95.2 Å². The Morgan fingerprint density at radius 2 is 1.88 bits per heavy atom. The SMILES string of the molecule is CC(C)OC(=O)NCc1ccc(CO)cc1. The molecule has 1 aromatic carbocycles. The highest BCUT2D eigenvalue weighted by Crippen LogP contribution is 2.04. The molecule has 0 aliphatic carbocycles. The number of carbonyl (C=O) groups excluding carboxylic acids is 1. The van der Waals surface area contributed by atoms with E-state index < -0.39 is 6.09 Å². The summed E-state index contributed by atoms with van der Waals surface area (Å²) in [6.07, 6.45) is -0.530. The average molecular weight is 223 g/mol. The smallest absolute Gasteiger partial charge is 0.407 e. The number of amides is 1. The molecule has 0 bridgehead atoms. The summed E-state index contributed by atoms with van der Waals surface area (Å²) >= 11 is 0. The molecule has 2 N–H and O–H groups in total. The highest BCUT2D eigenvalue weighted by molar-refractivity contribution is 5.67. The van der Waals surface area contributed by atoms with Crippen LogP contribution in [0.15, 0.2) is 24.3 Å². The van der Waals surface area contributed by atoms with Crippen molar-refractivity contribution in [3.8, 4) is 0 Å². The van der Waals surface area contributed by atoms with Crippen molar-refractivity contribution < 1.29 is 14.6 Å². The van der Waals surface area contributed by atoms with Crippen LogP contribution in [-0.2, 0) is 17.9 Å². The third kappa shape index (κ3) is 4.31. The Balaban J connectivity index is 2.39. The van der Waals surface area contributed by atoms with Crippen molar-refractivity contribution in [1.82, 2.24) is 5.32 Å². The molecule has 4 heteroatoms. The number of benzene rings is 1. The summed E-state index contributed by atoms with van der Waals surface area (Å²) in [5, 5.41) is 11.5. The van der Waals surface area contributed by atoms with Crippen molar-refractivity contribution in [2.75, 3.05) is 0 Å². The van der Waals surface area contributed by atoms with Gasteiger partial charge in [-0.25, -0.2) is 4.79 Å². The van der Waals surface area contributed by atoms with E-state index in [9.17, 15) is 4.79 Å². The lowest BCUT2D eigenvalue weighted by atomic mass is 10.1. The Bertz CT molecular complexity index is 333. The van der Waals surface area contributed by atoms with Gasteiger partial charge in [0.25, 0.3) is 0 Å². The minimum atomic E-state index is -0.416. The Hall–Kier alpha value is -1.55. The normalized spacial score (nSPS) is 10.2. The van der Waals surface area contributed by atoms with Gasteiger partial charge in [0.1, 0.15) is 0 Å². The van der Waals surface area contributed by atoms with Crippen LogP contribution in [0.3, 0.4) is 0 Å². The predicted molar refractivity (Wildman–Crippen MR) is 60.8 cm³/mol. The lowest BCUT2D eigenvalue weighted by molar-refractivity contribution is 0.115. The van der Waals surface area contributed by atoms with Crippen molar-refractivity contribution >= 4 is 6.09 Å². The van der Waals surface area contributed by atoms with Gasteiger partial charge in [-0.2, -0.15) is 0 Å². The van der Waals surface area contributed by atoms with Gasteiger partial charge in [-0.1, -0.05) is 24.3 Å². The van der Waals surface area contributed by atoms with Crippen molar-refractivity contribution in [2.45, 2.75) is 33.1 Å². The fourth-order valence-corrected chi connectivity index (χ4v) is 1.19. The van der Waals surface area contributed by atoms with E-state index in [2.05, 4.69) is 5.32 Å². The maximum atomic E-state index is 11.2. The van der Waals surface area contributed by atoms with E-state index in [1.54, 1.807) is 13.8 Å². The van der Waals surface area contributed by atoms with Crippen LogP contribution in [0.4, 0.5) is 4.79 Å². The number of hydrogen-bond donors (Lipinski definition) is 2. The van der Waals surface area contributed by atoms with Crippen LogP contribution in [0.1, 0.15) is 25.0 Å². The van der Waals surface area contributed by atoms with E-state index in [0.29, 0.717) is 6.54 Å². The van der Waals surface area contributed by atoms with Gasteiger partial charge in [0, 0.05) is 6.54 Å². The van der Waals surface area contributed by atoms with E-state index in [-0.39, 0.29) is 12.7 Å². The number of hydrogen-bond acceptors (Lipinski definition) is 3. The molecule has 0 saturated heterocycles. The van der Waals surface area contributed by atoms with Gasteiger partial charge >= 0.3 is 6.09 Å². The van der Waals surface area contributed by atoms with Gasteiger partial charge in [0.15, 0.2) is 0 Å². The molecule has 0 radical (unpaired) electrons. The summed E-state index contributed by atoms with van der Waals surface area (Å²) in [4.78, 5) is 11.2. The maximum absolute atomic E-state index is 11.2. The van der Waals surface area contributed by atoms with E-state index in [0.717, 1.165) is 11.1 Å². The number of ether oxygens (including phenoxy) is 1. The monoisotopic (exact) mass is 223 g/mol. The predicted octanol–water partition coefficient (Wildman–Crippen LogP) is 1.81. The fraction of sp³-hybridized carbons (Fsp3) is 0.417. The zero-order valence-electron chi connectivity index (χ0n) is 9.56. The third-order valence-corrected chi connectivity index (χ3v) is 1.99. The molecule has 4 nitrogen and oxygen atoms in total. The van der Waals surface area contributed by atoms with Crippen LogP contribution in [0.25, 0.3) is 0 Å². The van der Waals surface area contributed by atoms with Crippen molar-refractivity contribution in [3.05, 3.63) is 35.4 Å². The minimum Gasteiger partial charge on any atom is -0.447 e. The lowest BCUT2D eigenvalue weighted by Gasteiger charge is -2.09. The first-order valence-electron chi connectivity index (χ1n) is 5.25. The van der Waals surface area contributed by atoms with Crippen LogP contribution >= 0.6 is 0 Å². The maximum Gasteiger partial charge on any atom is 0.407 e. The molecule has 0 atom stereocenters. The van der Waals surface area contributed by atoms with Gasteiger partial charge in [0.05, 0.1) is 12.7 Å². The molecule has 0 spiro atoms. The van der Waals surface area contributed by atoms with Crippen LogP contribution in [0.2, 0.25) is 0 Å². The van der Waals surface area contributed by atoms with Crippen molar-refractivity contribution in [2.24, 2.45) is 0 Å². The minimum absolute atomic E-state index is 0.0309. The molecule has 0 saturated carbocycles. The summed E-state index contributed by atoms with van der Waals surface area (Å²) in [6, 6.07) is 7.37. The van der Waals surface area contributed by atoms with Crippen LogP contribution in [-0.4, -0.2) is 17.3 Å². The van der Waals surface area contributed by atoms with E-state index >= 15 is 0 Å². The molecular formula is C12H17NO3. The van der Waals surface area contributed by atoms with E-state index in [1.807, 2.05) is 24.3 Å². The second kappa shape index (κ2) is 6.12. The molecule has 0 aromatic heterocycles. The second-order valence-corrected chi connectivity index (χ2v) is 3.78. The first kappa shape index (κ1) is 12.5. The number of carbonyl (C=O) groups is 1. The molecule has 0 fully saturated rings. The molecule has 1 rings (SSSR count). The van der Waals surface area contributed by atoms with Gasteiger partial charge in [0.2, 0.25) is 0 Å².